The average Bonchev–Trinajstić information content (AvgIpc) is 3.62. The van der Waals surface area contributed by atoms with Crippen molar-refractivity contribution in [1.82, 2.24) is 0 Å². The molecule has 3 saturated carbocycles. The molecule has 10 nitrogen and oxygen atoms in total. The summed E-state index contributed by atoms with van der Waals surface area (Å²) in [5.74, 6) is 0.201. The second kappa shape index (κ2) is 11.7. The van der Waals surface area contributed by atoms with Gasteiger partial charge in [0.2, 0.25) is 17.7 Å². The highest BCUT2D eigenvalue weighted by molar-refractivity contribution is 7.32. The van der Waals surface area contributed by atoms with Crippen molar-refractivity contribution in [2.45, 2.75) is 44.1 Å². The average molecular weight is 722 g/mol. The highest BCUT2D eigenvalue weighted by Crippen LogP contribution is 2.75. The number of hydrogen-bond acceptors (Lipinski definition) is 6. The van der Waals surface area contributed by atoms with E-state index in [2.05, 4.69) is 5.32 Å². The standard InChI is InChI=1S/C36H35Cl2N4O6P/c1-19(39)32(43)40-26-10-27-30(24-8-4-2-6-22(24)26)20(12-37)14-41(27)33(44)35-16-36(17-35,18-35)34(45)42-15-21(13-38)31-25-9-5-3-7-23(25)29(11-28(31)42)48-49(46)47/h2-11,19-21,49H,12-18,39H2,1H3,(H,40,43)(H,46,47)/t19-,20+,21+,35?,36?/m0/s1. The van der Waals surface area contributed by atoms with E-state index in [0.29, 0.717) is 60.9 Å². The maximum Gasteiger partial charge on any atom is 0.365 e. The van der Waals surface area contributed by atoms with Gasteiger partial charge in [-0.2, -0.15) is 0 Å². The lowest BCUT2D eigenvalue weighted by Crippen LogP contribution is -2.73. The van der Waals surface area contributed by atoms with Gasteiger partial charge >= 0.3 is 8.25 Å². The topological polar surface area (TPSA) is 142 Å². The molecule has 2 heterocycles. The van der Waals surface area contributed by atoms with Gasteiger partial charge in [-0.25, -0.2) is 4.57 Å². The van der Waals surface area contributed by atoms with Crippen molar-refractivity contribution < 1.29 is 28.4 Å². The summed E-state index contributed by atoms with van der Waals surface area (Å²) >= 11 is 12.9. The second-order valence-corrected chi connectivity index (χ2v) is 15.4. The first-order valence-corrected chi connectivity index (χ1v) is 18.7. The van der Waals surface area contributed by atoms with Gasteiger partial charge in [0.1, 0.15) is 5.75 Å². The largest absolute Gasteiger partial charge is 0.426 e. The maximum absolute atomic E-state index is 14.4. The number of anilines is 3. The van der Waals surface area contributed by atoms with Crippen LogP contribution >= 0.6 is 31.5 Å². The minimum absolute atomic E-state index is 0.0361. The second-order valence-electron chi connectivity index (χ2n) is 14.0. The van der Waals surface area contributed by atoms with Crippen LogP contribution in [0, 0.1) is 10.8 Å². The minimum atomic E-state index is -3.30. The van der Waals surface area contributed by atoms with Crippen LogP contribution < -0.4 is 25.4 Å². The Labute approximate surface area is 293 Å². The van der Waals surface area contributed by atoms with E-state index in [0.717, 1.165) is 33.0 Å². The molecule has 4 atom stereocenters. The molecule has 3 aliphatic carbocycles. The van der Waals surface area contributed by atoms with Crippen LogP contribution in [0.2, 0.25) is 0 Å². The molecule has 49 heavy (non-hydrogen) atoms. The van der Waals surface area contributed by atoms with E-state index < -0.39 is 25.1 Å². The SMILES string of the molecule is C[C@H](N)C(=O)Nc1cc2c(c3ccccc13)[C@H](CCl)CN2C(=O)C12CC(C(=O)N3C[C@@H](CCl)c4c3cc(O[PH](=O)O)c3ccccc43)(C1)C2. The Morgan fingerprint density at radius 3 is 1.84 bits per heavy atom. The first-order chi connectivity index (χ1) is 23.5. The van der Waals surface area contributed by atoms with E-state index in [9.17, 15) is 23.8 Å². The number of hydrogen-bond donors (Lipinski definition) is 3. The third-order valence-corrected chi connectivity index (χ3v) is 12.1. The molecule has 3 amide bonds. The lowest BCUT2D eigenvalue weighted by atomic mass is 9.34. The van der Waals surface area contributed by atoms with Crippen LogP contribution in [-0.4, -0.2) is 53.5 Å². The van der Waals surface area contributed by atoms with Crippen LogP contribution in [0.25, 0.3) is 21.5 Å². The molecule has 13 heteroatoms. The highest BCUT2D eigenvalue weighted by atomic mass is 35.5. The smallest absolute Gasteiger partial charge is 0.365 e. The number of carbonyl (C=O) groups is 3. The molecule has 3 fully saturated rings. The first-order valence-electron chi connectivity index (χ1n) is 16.4. The van der Waals surface area contributed by atoms with E-state index in [-0.39, 0.29) is 35.3 Å². The Balaban J connectivity index is 1.09. The summed E-state index contributed by atoms with van der Waals surface area (Å²) in [5, 5.41) is 6.23. The molecule has 0 radical (unpaired) electrons. The molecule has 0 saturated heterocycles. The molecule has 4 aromatic rings. The normalized spacial score (nSPS) is 26.1. The molecule has 4 N–H and O–H groups in total. The number of amides is 3. The van der Waals surface area contributed by atoms with Gasteiger partial charge < -0.3 is 30.3 Å². The lowest BCUT2D eigenvalue weighted by Gasteiger charge is -2.69. The summed E-state index contributed by atoms with van der Waals surface area (Å²) in [6.45, 7) is 2.41. The van der Waals surface area contributed by atoms with Crippen LogP contribution in [0.5, 0.6) is 5.75 Å². The number of carbonyl (C=O) groups excluding carboxylic acids is 3. The number of benzene rings is 4. The number of halogens is 2. The van der Waals surface area contributed by atoms with Crippen LogP contribution in [0.15, 0.2) is 60.7 Å². The summed E-state index contributed by atoms with van der Waals surface area (Å²) in [6, 6.07) is 18.0. The van der Waals surface area contributed by atoms with E-state index in [1.807, 2.05) is 54.6 Å². The molecule has 5 aliphatic rings. The molecular weight excluding hydrogens is 686 g/mol. The van der Waals surface area contributed by atoms with E-state index in [4.69, 9.17) is 33.5 Å². The molecule has 1 unspecified atom stereocenters. The zero-order valence-electron chi connectivity index (χ0n) is 26.7. The van der Waals surface area contributed by atoms with Crippen molar-refractivity contribution >= 4 is 87.8 Å². The Morgan fingerprint density at radius 2 is 1.35 bits per heavy atom. The van der Waals surface area contributed by atoms with Crippen molar-refractivity contribution in [1.29, 1.82) is 0 Å². The van der Waals surface area contributed by atoms with E-state index in [1.54, 1.807) is 22.8 Å². The molecule has 0 spiro atoms. The van der Waals surface area contributed by atoms with Gasteiger partial charge in [0.25, 0.3) is 0 Å². The fourth-order valence-electron chi connectivity index (χ4n) is 8.84. The molecule has 0 aromatic heterocycles. The van der Waals surface area contributed by atoms with E-state index >= 15 is 0 Å². The van der Waals surface area contributed by atoms with Crippen LogP contribution in [0.3, 0.4) is 0 Å². The Hall–Kier alpha value is -3.66. The van der Waals surface area contributed by atoms with Gasteiger partial charge in [0.05, 0.1) is 28.2 Å². The number of nitrogens with one attached hydrogen (secondary N) is 1. The van der Waals surface area contributed by atoms with E-state index in [1.165, 1.54) is 0 Å². The van der Waals surface area contributed by atoms with Crippen molar-refractivity contribution in [3.63, 3.8) is 0 Å². The zero-order chi connectivity index (χ0) is 34.4. The fourth-order valence-corrected chi connectivity index (χ4v) is 9.70. The number of alkyl halides is 2. The van der Waals surface area contributed by atoms with Crippen molar-refractivity contribution in [3.05, 3.63) is 71.8 Å². The molecule has 2 bridgehead atoms. The van der Waals surface area contributed by atoms with Gasteiger partial charge in [0.15, 0.2) is 0 Å². The van der Waals surface area contributed by atoms with Gasteiger partial charge in [0, 0.05) is 59.2 Å². The summed E-state index contributed by atoms with van der Waals surface area (Å²) in [7, 11) is -3.30. The predicted molar refractivity (Wildman–Crippen MR) is 192 cm³/mol. The summed E-state index contributed by atoms with van der Waals surface area (Å²) in [5.41, 5.74) is 8.34. The van der Waals surface area contributed by atoms with Gasteiger partial charge in [-0.1, -0.05) is 48.5 Å². The third kappa shape index (κ3) is 4.83. The fraction of sp³-hybridized carbons (Fsp3) is 0.361. The summed E-state index contributed by atoms with van der Waals surface area (Å²) in [6.07, 6.45) is 1.28. The molecule has 9 rings (SSSR count). The third-order valence-electron chi connectivity index (χ3n) is 11.0. The monoisotopic (exact) mass is 720 g/mol. The number of nitrogens with zero attached hydrogens (tertiary/aromatic N) is 2. The number of nitrogens with two attached hydrogens (primary N) is 1. The maximum atomic E-state index is 14.4. The Morgan fingerprint density at radius 1 is 0.878 bits per heavy atom. The number of fused-ring (bicyclic) bond motifs is 6. The highest BCUT2D eigenvalue weighted by Gasteiger charge is 2.76. The minimum Gasteiger partial charge on any atom is -0.426 e. The Bertz CT molecular complexity index is 2100. The van der Waals surface area contributed by atoms with Crippen LogP contribution in [-0.2, 0) is 18.9 Å². The van der Waals surface area contributed by atoms with Gasteiger partial charge in [-0.05, 0) is 54.2 Å². The molecule has 2 aliphatic heterocycles. The quantitative estimate of drug-likeness (QED) is 0.144. The van der Waals surface area contributed by atoms with Crippen LogP contribution in [0.1, 0.15) is 49.1 Å². The first kappa shape index (κ1) is 32.5. The molecular formula is C36H35Cl2N4O6P. The molecule has 254 valence electrons. The van der Waals surface area contributed by atoms with Crippen molar-refractivity contribution in [2.75, 3.05) is 40.0 Å². The molecule has 4 aromatic carbocycles. The summed E-state index contributed by atoms with van der Waals surface area (Å²) in [4.78, 5) is 54.6. The Kier molecular flexibility index (Phi) is 7.78. The predicted octanol–water partition coefficient (Wildman–Crippen LogP) is 6.25. The summed E-state index contributed by atoms with van der Waals surface area (Å²) < 4.78 is 17.1. The van der Waals surface area contributed by atoms with Gasteiger partial charge in [-0.15, -0.1) is 23.2 Å². The number of rotatable bonds is 8. The zero-order valence-corrected chi connectivity index (χ0v) is 29.2. The van der Waals surface area contributed by atoms with Crippen molar-refractivity contribution in [3.8, 4) is 5.75 Å². The lowest BCUT2D eigenvalue weighted by molar-refractivity contribution is -0.204. The van der Waals surface area contributed by atoms with Crippen LogP contribution in [0.4, 0.5) is 17.1 Å². The van der Waals surface area contributed by atoms with Crippen molar-refractivity contribution in [2.24, 2.45) is 16.6 Å². The van der Waals surface area contributed by atoms with Gasteiger partial charge in [-0.3, -0.25) is 14.4 Å².